The predicted octanol–water partition coefficient (Wildman–Crippen LogP) is 3.64. The molecule has 0 aliphatic carbocycles. The lowest BCUT2D eigenvalue weighted by Gasteiger charge is -2.32. The van der Waals surface area contributed by atoms with Crippen molar-refractivity contribution in [3.05, 3.63) is 48.2 Å². The number of benzene rings is 1. The number of anilines is 2. The maximum Gasteiger partial charge on any atom is 0.387 e. The van der Waals surface area contributed by atoms with Gasteiger partial charge in [-0.1, -0.05) is 0 Å². The predicted molar refractivity (Wildman–Crippen MR) is 116 cm³/mol. The van der Waals surface area contributed by atoms with Gasteiger partial charge in [-0.15, -0.1) is 0 Å². The summed E-state index contributed by atoms with van der Waals surface area (Å²) in [5.74, 6) is -1.33. The summed E-state index contributed by atoms with van der Waals surface area (Å²) in [5.41, 5.74) is 5.83. The number of pyridine rings is 1. The minimum Gasteiger partial charge on any atom is -0.435 e. The van der Waals surface area contributed by atoms with E-state index in [1.165, 1.54) is 18.3 Å². The highest BCUT2D eigenvalue weighted by molar-refractivity contribution is 6.02. The number of nitrogens with one attached hydrogen (secondary N) is 1. The number of rotatable bonds is 9. The van der Waals surface area contributed by atoms with E-state index in [-0.39, 0.29) is 23.1 Å². The fraction of sp³-hybridized carbons (Fsp3) is 0.318. The molecule has 0 spiro atoms. The van der Waals surface area contributed by atoms with Gasteiger partial charge >= 0.3 is 13.2 Å². The molecule has 1 aliphatic rings. The van der Waals surface area contributed by atoms with Crippen LogP contribution in [0.1, 0.15) is 18.4 Å². The molecule has 1 aliphatic heterocycles. The standard InChI is InChI=1S/C22H22F4N4O4/c23-21(24)33-16-6-3-13(17(10-16)34-22(25)26)4-8-19(31)29-15-5-7-18(28-11-15)30-9-1-2-14(12-30)20(27)32/h3-8,10-11,14,21-22H,1-2,9,12H2,(H2,27,32)(H,29,31)/b8-4+. The normalized spacial score (nSPS) is 16.2. The number of primary amides is 1. The quantitative estimate of drug-likeness (QED) is 0.418. The summed E-state index contributed by atoms with van der Waals surface area (Å²) >= 11 is 0. The molecule has 34 heavy (non-hydrogen) atoms. The second-order valence-corrected chi connectivity index (χ2v) is 7.37. The molecule has 1 fully saturated rings. The minimum absolute atomic E-state index is 0.0552. The van der Waals surface area contributed by atoms with Crippen LogP contribution in [0.3, 0.4) is 0 Å². The van der Waals surface area contributed by atoms with Crippen LogP contribution in [0.5, 0.6) is 11.5 Å². The molecule has 0 radical (unpaired) electrons. The molecule has 2 aromatic rings. The molecule has 2 heterocycles. The van der Waals surface area contributed by atoms with Gasteiger partial charge in [-0.3, -0.25) is 9.59 Å². The third-order valence-corrected chi connectivity index (χ3v) is 5.00. The Labute approximate surface area is 192 Å². The number of amides is 2. The van der Waals surface area contributed by atoms with E-state index in [1.54, 1.807) is 12.1 Å². The highest BCUT2D eigenvalue weighted by atomic mass is 19.3. The van der Waals surface area contributed by atoms with Crippen molar-refractivity contribution in [2.45, 2.75) is 26.1 Å². The van der Waals surface area contributed by atoms with E-state index < -0.39 is 24.9 Å². The molecule has 8 nitrogen and oxygen atoms in total. The van der Waals surface area contributed by atoms with Gasteiger partial charge < -0.3 is 25.4 Å². The number of piperidine rings is 1. The fourth-order valence-electron chi connectivity index (χ4n) is 3.44. The molecule has 1 unspecified atom stereocenters. The number of hydrogen-bond donors (Lipinski definition) is 2. The summed E-state index contributed by atoms with van der Waals surface area (Å²) in [6.45, 7) is -5.13. The van der Waals surface area contributed by atoms with Gasteiger partial charge in [-0.25, -0.2) is 4.98 Å². The molecule has 0 saturated carbocycles. The van der Waals surface area contributed by atoms with Crippen LogP contribution < -0.4 is 25.4 Å². The van der Waals surface area contributed by atoms with E-state index in [2.05, 4.69) is 19.8 Å². The summed E-state index contributed by atoms with van der Waals surface area (Å²) in [4.78, 5) is 29.9. The number of hydrogen-bond acceptors (Lipinski definition) is 6. The van der Waals surface area contributed by atoms with Crippen molar-refractivity contribution in [2.75, 3.05) is 23.3 Å². The van der Waals surface area contributed by atoms with Crippen LogP contribution in [-0.2, 0) is 9.59 Å². The van der Waals surface area contributed by atoms with Crippen molar-refractivity contribution < 1.29 is 36.6 Å². The molecule has 1 atom stereocenters. The van der Waals surface area contributed by atoms with Gasteiger partial charge in [0.1, 0.15) is 17.3 Å². The van der Waals surface area contributed by atoms with Crippen LogP contribution in [0.15, 0.2) is 42.6 Å². The molecule has 1 saturated heterocycles. The first-order chi connectivity index (χ1) is 16.2. The monoisotopic (exact) mass is 482 g/mol. The van der Waals surface area contributed by atoms with E-state index in [1.807, 2.05) is 4.90 Å². The summed E-state index contributed by atoms with van der Waals surface area (Å²) in [5, 5.41) is 2.57. The Bertz CT molecular complexity index is 1030. The van der Waals surface area contributed by atoms with Crippen molar-refractivity contribution in [1.29, 1.82) is 0 Å². The van der Waals surface area contributed by atoms with Crippen molar-refractivity contribution in [3.8, 4) is 11.5 Å². The largest absolute Gasteiger partial charge is 0.435 e. The average molecular weight is 482 g/mol. The Morgan fingerprint density at radius 1 is 1.15 bits per heavy atom. The van der Waals surface area contributed by atoms with Crippen molar-refractivity contribution in [1.82, 2.24) is 4.98 Å². The van der Waals surface area contributed by atoms with Gasteiger partial charge in [-0.2, -0.15) is 17.6 Å². The van der Waals surface area contributed by atoms with Gasteiger partial charge in [-0.05, 0) is 43.2 Å². The topological polar surface area (TPSA) is 107 Å². The lowest BCUT2D eigenvalue weighted by atomic mass is 9.97. The average Bonchev–Trinajstić information content (AvgIpc) is 2.78. The van der Waals surface area contributed by atoms with Gasteiger partial charge in [0.05, 0.1) is 17.8 Å². The number of nitrogens with two attached hydrogens (primary N) is 1. The number of carbonyl (C=O) groups excluding carboxylic acids is 2. The zero-order chi connectivity index (χ0) is 24.7. The Morgan fingerprint density at radius 2 is 1.91 bits per heavy atom. The van der Waals surface area contributed by atoms with Crippen LogP contribution >= 0.6 is 0 Å². The van der Waals surface area contributed by atoms with Gasteiger partial charge in [0, 0.05) is 30.8 Å². The van der Waals surface area contributed by atoms with Crippen LogP contribution in [0.4, 0.5) is 29.1 Å². The Kier molecular flexibility index (Phi) is 8.28. The summed E-state index contributed by atoms with van der Waals surface area (Å²) < 4.78 is 58.5. The summed E-state index contributed by atoms with van der Waals surface area (Å²) in [7, 11) is 0. The number of ether oxygens (including phenoxy) is 2. The lowest BCUT2D eigenvalue weighted by molar-refractivity contribution is -0.122. The number of halogens is 4. The molecule has 0 bridgehead atoms. The number of aromatic nitrogens is 1. The van der Waals surface area contributed by atoms with E-state index in [9.17, 15) is 27.2 Å². The number of carbonyl (C=O) groups is 2. The van der Waals surface area contributed by atoms with Crippen molar-refractivity contribution >= 4 is 29.4 Å². The first kappa shape index (κ1) is 24.8. The third kappa shape index (κ3) is 7.09. The molecular formula is C22H22F4N4O4. The molecule has 12 heteroatoms. The molecule has 2 amide bonds. The maximum atomic E-state index is 12.7. The lowest BCUT2D eigenvalue weighted by Crippen LogP contribution is -2.41. The molecule has 182 valence electrons. The molecule has 3 rings (SSSR count). The molecule has 1 aromatic heterocycles. The smallest absolute Gasteiger partial charge is 0.387 e. The number of alkyl halides is 4. The Morgan fingerprint density at radius 3 is 2.56 bits per heavy atom. The van der Waals surface area contributed by atoms with Gasteiger partial charge in [0.25, 0.3) is 0 Å². The second-order valence-electron chi connectivity index (χ2n) is 7.37. The van der Waals surface area contributed by atoms with Crippen LogP contribution in [0.25, 0.3) is 6.08 Å². The van der Waals surface area contributed by atoms with Gasteiger partial charge in [0.15, 0.2) is 0 Å². The van der Waals surface area contributed by atoms with E-state index in [4.69, 9.17) is 5.73 Å². The van der Waals surface area contributed by atoms with E-state index in [0.717, 1.165) is 37.6 Å². The first-order valence-electron chi connectivity index (χ1n) is 10.2. The van der Waals surface area contributed by atoms with Crippen LogP contribution in [0, 0.1) is 5.92 Å². The zero-order valence-electron chi connectivity index (χ0n) is 17.8. The van der Waals surface area contributed by atoms with Crippen molar-refractivity contribution in [2.24, 2.45) is 11.7 Å². The maximum absolute atomic E-state index is 12.7. The van der Waals surface area contributed by atoms with E-state index >= 15 is 0 Å². The third-order valence-electron chi connectivity index (χ3n) is 5.00. The highest BCUT2D eigenvalue weighted by Crippen LogP contribution is 2.28. The molecular weight excluding hydrogens is 460 g/mol. The van der Waals surface area contributed by atoms with Crippen LogP contribution in [0.2, 0.25) is 0 Å². The van der Waals surface area contributed by atoms with Crippen molar-refractivity contribution in [3.63, 3.8) is 0 Å². The van der Waals surface area contributed by atoms with Crippen LogP contribution in [-0.4, -0.2) is 43.1 Å². The molecule has 3 N–H and O–H groups in total. The Balaban J connectivity index is 1.64. The van der Waals surface area contributed by atoms with E-state index in [0.29, 0.717) is 18.1 Å². The van der Waals surface area contributed by atoms with Gasteiger partial charge in [0.2, 0.25) is 11.8 Å². The number of nitrogens with zero attached hydrogens (tertiary/aromatic N) is 2. The summed E-state index contributed by atoms with van der Waals surface area (Å²) in [6.07, 6.45) is 5.25. The Hall–Kier alpha value is -3.83. The fourth-order valence-corrected chi connectivity index (χ4v) is 3.44. The highest BCUT2D eigenvalue weighted by Gasteiger charge is 2.24. The zero-order valence-corrected chi connectivity index (χ0v) is 17.8. The SMILES string of the molecule is NC(=O)C1CCCN(c2ccc(NC(=O)/C=C/c3ccc(OC(F)F)cc3OC(F)F)cn2)C1. The second kappa shape index (κ2) is 11.3. The minimum atomic E-state index is -3.20. The summed E-state index contributed by atoms with van der Waals surface area (Å²) in [6, 6.07) is 6.53. The molecule has 1 aromatic carbocycles. The first-order valence-corrected chi connectivity index (χ1v) is 10.2.